The maximum atomic E-state index is 14.0. The monoisotopic (exact) mass is 494 g/mol. The number of hydrogen-bond donors (Lipinski definition) is 0. The molecule has 5 atom stereocenters. The summed E-state index contributed by atoms with van der Waals surface area (Å²) in [5, 5.41) is 0. The van der Waals surface area contributed by atoms with Crippen LogP contribution in [0.25, 0.3) is 0 Å². The lowest BCUT2D eigenvalue weighted by atomic mass is 9.91. The molecule has 0 aromatic heterocycles. The molecular formula is C13H4F10O9. The standard InChI is InChI=1S/C13H4F10O9/c14-1-2(5(25)28-4(1)24)30-12(20,21)13(22,23)31-7-9(3(15)6(26)29-8(9)27)32-11(18,19)10(7,16)17/h1-3,7H/t1-,2?,3?,7?,9?/m1/s1. The molecule has 3 rings (SSSR count). The van der Waals surface area contributed by atoms with E-state index in [1.807, 2.05) is 0 Å². The van der Waals surface area contributed by atoms with Crippen molar-refractivity contribution in [3.8, 4) is 0 Å². The molecule has 180 valence electrons. The molecular weight excluding hydrogens is 490 g/mol. The second-order valence-corrected chi connectivity index (χ2v) is 6.32. The van der Waals surface area contributed by atoms with Crippen LogP contribution in [0, 0.1) is 0 Å². The quantitative estimate of drug-likeness (QED) is 0.311. The van der Waals surface area contributed by atoms with Crippen LogP contribution in [0.5, 0.6) is 0 Å². The molecule has 0 N–H and O–H groups in total. The molecule has 1 spiro atoms. The molecule has 3 aliphatic rings. The number of carbonyl (C=O) groups is 4. The third-order valence-corrected chi connectivity index (χ3v) is 4.30. The van der Waals surface area contributed by atoms with Gasteiger partial charge in [0, 0.05) is 0 Å². The van der Waals surface area contributed by atoms with Gasteiger partial charge in [-0.05, 0) is 0 Å². The summed E-state index contributed by atoms with van der Waals surface area (Å²) >= 11 is 0. The zero-order chi connectivity index (χ0) is 24.7. The first-order valence-electron chi connectivity index (χ1n) is 7.68. The fourth-order valence-electron chi connectivity index (χ4n) is 2.76. The van der Waals surface area contributed by atoms with Crippen molar-refractivity contribution < 1.29 is 86.8 Å². The maximum absolute atomic E-state index is 14.0. The van der Waals surface area contributed by atoms with Crippen LogP contribution in [0.1, 0.15) is 0 Å². The summed E-state index contributed by atoms with van der Waals surface area (Å²) in [5.74, 6) is -15.8. The summed E-state index contributed by atoms with van der Waals surface area (Å²) in [6.07, 6.45) is -34.4. The minimum absolute atomic E-state index is 2.15. The van der Waals surface area contributed by atoms with Crippen molar-refractivity contribution in [2.75, 3.05) is 0 Å². The Labute approximate surface area is 166 Å². The van der Waals surface area contributed by atoms with Crippen LogP contribution >= 0.6 is 0 Å². The number of esters is 4. The lowest BCUT2D eigenvalue weighted by Crippen LogP contribution is -2.61. The first-order chi connectivity index (χ1) is 14.3. The van der Waals surface area contributed by atoms with Gasteiger partial charge in [-0.2, -0.15) is 35.1 Å². The van der Waals surface area contributed by atoms with Crippen LogP contribution in [-0.4, -0.2) is 78.3 Å². The highest BCUT2D eigenvalue weighted by atomic mass is 19.3. The number of carbonyl (C=O) groups excluding carboxylic acids is 4. The number of ether oxygens (including phenoxy) is 5. The van der Waals surface area contributed by atoms with Crippen LogP contribution < -0.4 is 0 Å². The first-order valence-corrected chi connectivity index (χ1v) is 7.68. The average molecular weight is 494 g/mol. The van der Waals surface area contributed by atoms with Crippen LogP contribution in [0.3, 0.4) is 0 Å². The van der Waals surface area contributed by atoms with E-state index in [0.29, 0.717) is 0 Å². The van der Waals surface area contributed by atoms with Crippen LogP contribution in [0.15, 0.2) is 0 Å². The van der Waals surface area contributed by atoms with Gasteiger partial charge in [0.05, 0.1) is 0 Å². The molecule has 32 heavy (non-hydrogen) atoms. The molecule has 0 amide bonds. The molecule has 0 aromatic carbocycles. The summed E-state index contributed by atoms with van der Waals surface area (Å²) in [4.78, 5) is 44.5. The Balaban J connectivity index is 1.98. The van der Waals surface area contributed by atoms with Crippen molar-refractivity contribution in [2.45, 2.75) is 54.4 Å². The number of halogens is 10. The fourth-order valence-corrected chi connectivity index (χ4v) is 2.76. The van der Waals surface area contributed by atoms with Crippen molar-refractivity contribution >= 4 is 23.9 Å². The van der Waals surface area contributed by atoms with Gasteiger partial charge in [0.2, 0.25) is 24.0 Å². The zero-order valence-corrected chi connectivity index (χ0v) is 14.3. The van der Waals surface area contributed by atoms with Gasteiger partial charge in [-0.15, -0.1) is 0 Å². The van der Waals surface area contributed by atoms with Crippen molar-refractivity contribution in [2.24, 2.45) is 0 Å². The second kappa shape index (κ2) is 6.73. The number of rotatable bonds is 5. The fraction of sp³-hybridized carbons (Fsp3) is 0.692. The van der Waals surface area contributed by atoms with Crippen LogP contribution in [0.4, 0.5) is 43.9 Å². The minimum atomic E-state index is -6.57. The van der Waals surface area contributed by atoms with Gasteiger partial charge in [-0.25, -0.2) is 28.0 Å². The highest BCUT2D eigenvalue weighted by Crippen LogP contribution is 2.58. The largest absolute Gasteiger partial charge is 0.449 e. The maximum Gasteiger partial charge on any atom is 0.449 e. The van der Waals surface area contributed by atoms with E-state index in [1.165, 1.54) is 0 Å². The average Bonchev–Trinajstić information content (AvgIpc) is 3.06. The van der Waals surface area contributed by atoms with Crippen LogP contribution in [-0.2, 0) is 42.9 Å². The molecule has 0 radical (unpaired) electrons. The molecule has 3 heterocycles. The van der Waals surface area contributed by atoms with Gasteiger partial charge in [0.15, 0.2) is 6.10 Å². The molecule has 0 saturated carbocycles. The molecule has 0 aliphatic carbocycles. The third kappa shape index (κ3) is 3.04. The van der Waals surface area contributed by atoms with Gasteiger partial charge < -0.3 is 9.47 Å². The SMILES string of the molecule is O=C1OC(=O)[C@H](F)C1OC(F)(F)C(F)(F)OC1C2(OC(F)(F)C1(F)F)C(=O)OC(=O)C2F. The van der Waals surface area contributed by atoms with E-state index in [2.05, 4.69) is 23.7 Å². The Morgan fingerprint density at radius 2 is 1.31 bits per heavy atom. The molecule has 9 nitrogen and oxygen atoms in total. The zero-order valence-electron chi connectivity index (χ0n) is 14.3. The predicted octanol–water partition coefficient (Wildman–Crippen LogP) is 0.782. The molecule has 0 bridgehead atoms. The summed E-state index contributed by atoms with van der Waals surface area (Å²) in [7, 11) is 0. The van der Waals surface area contributed by atoms with Gasteiger partial charge in [-0.3, -0.25) is 14.2 Å². The minimum Gasteiger partial charge on any atom is -0.389 e. The van der Waals surface area contributed by atoms with Gasteiger partial charge >= 0.3 is 48.1 Å². The topological polar surface area (TPSA) is 114 Å². The van der Waals surface area contributed by atoms with E-state index in [1.54, 1.807) is 0 Å². The summed E-state index contributed by atoms with van der Waals surface area (Å²) in [6, 6.07) is 0. The van der Waals surface area contributed by atoms with Crippen molar-refractivity contribution in [3.05, 3.63) is 0 Å². The van der Waals surface area contributed by atoms with Gasteiger partial charge in [0.25, 0.3) is 0 Å². The molecule has 19 heteroatoms. The Hall–Kier alpha value is -2.54. The second-order valence-electron chi connectivity index (χ2n) is 6.32. The van der Waals surface area contributed by atoms with Crippen molar-refractivity contribution in [3.63, 3.8) is 0 Å². The predicted molar refractivity (Wildman–Crippen MR) is 65.3 cm³/mol. The Morgan fingerprint density at radius 1 is 0.781 bits per heavy atom. The lowest BCUT2D eigenvalue weighted by molar-refractivity contribution is -0.456. The van der Waals surface area contributed by atoms with E-state index < -0.39 is 78.3 Å². The Kier molecular flexibility index (Phi) is 5.07. The van der Waals surface area contributed by atoms with E-state index in [9.17, 15) is 63.1 Å². The van der Waals surface area contributed by atoms with E-state index >= 15 is 0 Å². The van der Waals surface area contributed by atoms with Gasteiger partial charge in [-0.1, -0.05) is 0 Å². The molecule has 3 aliphatic heterocycles. The highest BCUT2D eigenvalue weighted by Gasteiger charge is 2.87. The Bertz CT molecular complexity index is 891. The highest BCUT2D eigenvalue weighted by molar-refractivity contribution is 6.03. The van der Waals surface area contributed by atoms with Crippen molar-refractivity contribution in [1.29, 1.82) is 0 Å². The molecule has 3 saturated heterocycles. The Morgan fingerprint density at radius 3 is 1.75 bits per heavy atom. The van der Waals surface area contributed by atoms with E-state index in [0.717, 1.165) is 0 Å². The van der Waals surface area contributed by atoms with E-state index in [4.69, 9.17) is 0 Å². The van der Waals surface area contributed by atoms with E-state index in [-0.39, 0.29) is 0 Å². The third-order valence-electron chi connectivity index (χ3n) is 4.30. The number of alkyl halides is 10. The first kappa shape index (κ1) is 24.1. The summed E-state index contributed by atoms with van der Waals surface area (Å²) < 4.78 is 154. The van der Waals surface area contributed by atoms with Crippen LogP contribution in [0.2, 0.25) is 0 Å². The van der Waals surface area contributed by atoms with Crippen molar-refractivity contribution in [1.82, 2.24) is 0 Å². The molecule has 0 aromatic rings. The van der Waals surface area contributed by atoms with Gasteiger partial charge in [0.1, 0.15) is 0 Å². The number of cyclic esters (lactones) is 4. The smallest absolute Gasteiger partial charge is 0.389 e. The molecule has 4 unspecified atom stereocenters. The summed E-state index contributed by atoms with van der Waals surface area (Å²) in [5.41, 5.74) is -4.67. The normalized spacial score (nSPS) is 36.7. The summed E-state index contributed by atoms with van der Waals surface area (Å²) in [6.45, 7) is 0. The molecule has 3 fully saturated rings. The number of hydrogen-bond acceptors (Lipinski definition) is 9. The lowest BCUT2D eigenvalue weighted by Gasteiger charge is -2.33.